The van der Waals surface area contributed by atoms with Crippen molar-refractivity contribution in [2.24, 2.45) is 11.1 Å². The van der Waals surface area contributed by atoms with E-state index in [0.717, 1.165) is 16.7 Å². The largest absolute Gasteiger partial charge is 0.393 e. The third-order valence-corrected chi connectivity index (χ3v) is 7.89. The lowest BCUT2D eigenvalue weighted by Gasteiger charge is -2.16. The first-order valence-electron chi connectivity index (χ1n) is 8.41. The number of hydrogen-bond donors (Lipinski definition) is 1. The molecule has 138 valence electrons. The number of thiocarbonyl (C=S) groups is 1. The van der Waals surface area contributed by atoms with Gasteiger partial charge in [0.2, 0.25) is 0 Å². The van der Waals surface area contributed by atoms with Crippen molar-refractivity contribution in [3.63, 3.8) is 0 Å². The number of sulfone groups is 1. The maximum absolute atomic E-state index is 13.4. The van der Waals surface area contributed by atoms with Gasteiger partial charge in [0.15, 0.2) is 9.84 Å². The van der Waals surface area contributed by atoms with Crippen molar-refractivity contribution >= 4 is 27.0 Å². The van der Waals surface area contributed by atoms with E-state index in [1.165, 1.54) is 0 Å². The van der Waals surface area contributed by atoms with Gasteiger partial charge in [0.05, 0.1) is 27.2 Å². The van der Waals surface area contributed by atoms with Crippen LogP contribution in [-0.4, -0.2) is 32.4 Å². The van der Waals surface area contributed by atoms with E-state index in [9.17, 15) is 8.42 Å². The van der Waals surface area contributed by atoms with Crippen molar-refractivity contribution in [3.05, 3.63) is 65.2 Å². The number of nitrogens with two attached hydrogens (primary N) is 1. The molecule has 3 unspecified atom stereocenters. The molecule has 1 aliphatic carbocycles. The van der Waals surface area contributed by atoms with Crippen LogP contribution in [0, 0.1) is 19.3 Å². The number of aryl methyl sites for hydroxylation is 2. The number of ether oxygens (including phenoxy) is 1. The molecule has 0 spiro atoms. The molecule has 0 radical (unpaired) electrons. The minimum absolute atomic E-state index is 0.177. The summed E-state index contributed by atoms with van der Waals surface area (Å²) in [7, 11) is -2.07. The lowest BCUT2D eigenvalue weighted by molar-refractivity contribution is 0.166. The molecular formula is C20H23NO3S2. The lowest BCUT2D eigenvalue weighted by Crippen LogP contribution is -2.33. The van der Waals surface area contributed by atoms with Gasteiger partial charge in [-0.25, -0.2) is 8.42 Å². The molecule has 0 aromatic heterocycles. The molecule has 2 aromatic carbocycles. The van der Waals surface area contributed by atoms with Crippen LogP contribution in [0.15, 0.2) is 53.4 Å². The van der Waals surface area contributed by atoms with E-state index in [2.05, 4.69) is 0 Å². The highest BCUT2D eigenvalue weighted by atomic mass is 32.2. The lowest BCUT2D eigenvalue weighted by atomic mass is 9.99. The fourth-order valence-electron chi connectivity index (χ4n) is 3.76. The third kappa shape index (κ3) is 2.96. The number of methoxy groups -OCH3 is 1. The van der Waals surface area contributed by atoms with Gasteiger partial charge in [0.1, 0.15) is 0 Å². The first-order valence-corrected chi connectivity index (χ1v) is 10.4. The topological polar surface area (TPSA) is 69.4 Å². The molecule has 6 heteroatoms. The molecule has 0 amide bonds. The Morgan fingerprint density at radius 3 is 2.04 bits per heavy atom. The average molecular weight is 390 g/mol. The second-order valence-electron chi connectivity index (χ2n) is 7.00. The summed E-state index contributed by atoms with van der Waals surface area (Å²) in [4.78, 5) is 0.477. The summed E-state index contributed by atoms with van der Waals surface area (Å²) in [6.07, 6.45) is 0. The average Bonchev–Trinajstić information content (AvgIpc) is 3.27. The minimum atomic E-state index is -3.61. The Kier molecular flexibility index (Phi) is 4.94. The predicted octanol–water partition coefficient (Wildman–Crippen LogP) is 3.16. The van der Waals surface area contributed by atoms with Crippen LogP contribution in [0.3, 0.4) is 0 Å². The quantitative estimate of drug-likeness (QED) is 0.769. The summed E-state index contributed by atoms with van der Waals surface area (Å²) < 4.78 is 32.1. The van der Waals surface area contributed by atoms with Gasteiger partial charge in [-0.15, -0.1) is 0 Å². The number of rotatable bonds is 6. The zero-order valence-corrected chi connectivity index (χ0v) is 16.7. The molecule has 3 rings (SSSR count). The SMILES string of the molecule is COCC1(C(N)=S)C(c2ccc(C)cc2)C1S(=O)(=O)c1ccc(C)cc1. The molecule has 4 nitrogen and oxygen atoms in total. The molecule has 2 aromatic rings. The highest BCUT2D eigenvalue weighted by molar-refractivity contribution is 7.92. The summed E-state index contributed by atoms with van der Waals surface area (Å²) in [5, 5.41) is -0.724. The zero-order chi connectivity index (χ0) is 19.1. The Bertz CT molecular complexity index is 921. The van der Waals surface area contributed by atoms with Gasteiger partial charge in [-0.05, 0) is 31.5 Å². The highest BCUT2D eigenvalue weighted by Crippen LogP contribution is 2.64. The van der Waals surface area contributed by atoms with Gasteiger partial charge in [0.25, 0.3) is 0 Å². The standard InChI is InChI=1S/C20H23NO3S2/c1-13-4-8-15(9-5-13)17-18(20(17,12-24-3)19(21)25)26(22,23)16-10-6-14(2)7-11-16/h4-11,17-18H,12H2,1-3H3,(H2,21,25). The molecule has 0 bridgehead atoms. The first-order chi connectivity index (χ1) is 12.2. The van der Waals surface area contributed by atoms with Crippen LogP contribution in [0.4, 0.5) is 0 Å². The Labute approximate surface area is 160 Å². The van der Waals surface area contributed by atoms with Crippen molar-refractivity contribution in [1.82, 2.24) is 0 Å². The van der Waals surface area contributed by atoms with Crippen LogP contribution in [-0.2, 0) is 14.6 Å². The summed E-state index contributed by atoms with van der Waals surface area (Å²) in [6.45, 7) is 4.09. The van der Waals surface area contributed by atoms with Crippen molar-refractivity contribution in [1.29, 1.82) is 0 Å². The Hall–Kier alpha value is -1.76. The summed E-state index contributed by atoms with van der Waals surface area (Å²) in [5.41, 5.74) is 8.20. The molecule has 0 aliphatic heterocycles. The molecule has 26 heavy (non-hydrogen) atoms. The fraction of sp³-hybridized carbons (Fsp3) is 0.350. The smallest absolute Gasteiger partial charge is 0.182 e. The molecular weight excluding hydrogens is 366 g/mol. The van der Waals surface area contributed by atoms with Crippen molar-refractivity contribution in [3.8, 4) is 0 Å². The van der Waals surface area contributed by atoms with Crippen LogP contribution in [0.25, 0.3) is 0 Å². The van der Waals surface area contributed by atoms with E-state index in [1.807, 2.05) is 38.1 Å². The van der Waals surface area contributed by atoms with Crippen LogP contribution >= 0.6 is 12.2 Å². The molecule has 1 saturated carbocycles. The van der Waals surface area contributed by atoms with E-state index in [-0.39, 0.29) is 17.5 Å². The van der Waals surface area contributed by atoms with Gasteiger partial charge in [0, 0.05) is 13.0 Å². The minimum Gasteiger partial charge on any atom is -0.393 e. The Balaban J connectivity index is 2.11. The van der Waals surface area contributed by atoms with Crippen molar-refractivity contribution in [2.45, 2.75) is 29.9 Å². The number of hydrogen-bond acceptors (Lipinski definition) is 4. The molecule has 2 N–H and O–H groups in total. The summed E-state index contributed by atoms with van der Waals surface area (Å²) >= 11 is 5.31. The summed E-state index contributed by atoms with van der Waals surface area (Å²) in [5.74, 6) is -0.313. The highest BCUT2D eigenvalue weighted by Gasteiger charge is 2.73. The fourth-order valence-corrected chi connectivity index (χ4v) is 6.53. The van der Waals surface area contributed by atoms with Crippen LogP contribution in [0.5, 0.6) is 0 Å². The first kappa shape index (κ1) is 19.0. The van der Waals surface area contributed by atoms with Gasteiger partial charge in [-0.2, -0.15) is 0 Å². The molecule has 3 atom stereocenters. The van der Waals surface area contributed by atoms with Gasteiger partial charge >= 0.3 is 0 Å². The summed E-state index contributed by atoms with van der Waals surface area (Å²) in [6, 6.07) is 14.7. The second-order valence-corrected chi connectivity index (χ2v) is 9.51. The monoisotopic (exact) mass is 389 g/mol. The van der Waals surface area contributed by atoms with Gasteiger partial charge in [-0.1, -0.05) is 59.7 Å². The van der Waals surface area contributed by atoms with Gasteiger partial charge in [-0.3, -0.25) is 0 Å². The van der Waals surface area contributed by atoms with Gasteiger partial charge < -0.3 is 10.5 Å². The van der Waals surface area contributed by atoms with Crippen LogP contribution < -0.4 is 5.73 Å². The van der Waals surface area contributed by atoms with Crippen molar-refractivity contribution in [2.75, 3.05) is 13.7 Å². The van der Waals surface area contributed by atoms with E-state index < -0.39 is 20.5 Å². The maximum atomic E-state index is 13.4. The van der Waals surface area contributed by atoms with E-state index in [4.69, 9.17) is 22.7 Å². The Morgan fingerprint density at radius 2 is 1.58 bits per heavy atom. The van der Waals surface area contributed by atoms with Crippen LogP contribution in [0.1, 0.15) is 22.6 Å². The third-order valence-electron chi connectivity index (χ3n) is 5.22. The zero-order valence-electron chi connectivity index (χ0n) is 15.1. The molecule has 0 saturated heterocycles. The maximum Gasteiger partial charge on any atom is 0.182 e. The van der Waals surface area contributed by atoms with E-state index >= 15 is 0 Å². The van der Waals surface area contributed by atoms with Crippen molar-refractivity contribution < 1.29 is 13.2 Å². The van der Waals surface area contributed by atoms with Crippen LogP contribution in [0.2, 0.25) is 0 Å². The normalized spacial score (nSPS) is 25.0. The Morgan fingerprint density at radius 1 is 1.08 bits per heavy atom. The van der Waals surface area contributed by atoms with E-state index in [1.54, 1.807) is 31.4 Å². The second kappa shape index (κ2) is 6.76. The predicted molar refractivity (Wildman–Crippen MR) is 107 cm³/mol. The molecule has 0 heterocycles. The number of benzene rings is 2. The van der Waals surface area contributed by atoms with E-state index in [0.29, 0.717) is 4.90 Å². The molecule has 1 aliphatic rings. The molecule has 1 fully saturated rings.